The molecule has 8 heteroatoms. The first-order valence-corrected chi connectivity index (χ1v) is 17.6. The number of hydrogen-bond donors (Lipinski definition) is 2. The largest absolute Gasteiger partial charge is 0.494 e. The molecule has 48 heavy (non-hydrogen) atoms. The number of ether oxygens (including phenoxy) is 1. The summed E-state index contributed by atoms with van der Waals surface area (Å²) in [7, 11) is 0. The third-order valence-electron chi connectivity index (χ3n) is 9.10. The van der Waals surface area contributed by atoms with Crippen molar-refractivity contribution in [2.75, 3.05) is 43.0 Å². The Morgan fingerprint density at radius 3 is 2.46 bits per heavy atom. The van der Waals surface area contributed by atoms with Crippen LogP contribution in [0.25, 0.3) is 22.2 Å². The number of nitrogens with one attached hydrogen (secondary N) is 2. The van der Waals surface area contributed by atoms with Gasteiger partial charge in [-0.2, -0.15) is 0 Å². The van der Waals surface area contributed by atoms with E-state index in [1.807, 2.05) is 30.3 Å². The second-order valence-corrected chi connectivity index (χ2v) is 13.4. The smallest absolute Gasteiger partial charge is 0.326 e. The zero-order valence-corrected chi connectivity index (χ0v) is 29.1. The van der Waals surface area contributed by atoms with Gasteiger partial charge in [-0.25, -0.2) is 9.78 Å². The number of rotatable bonds is 14. The van der Waals surface area contributed by atoms with E-state index in [9.17, 15) is 9.59 Å². The summed E-state index contributed by atoms with van der Waals surface area (Å²) in [6.45, 7) is 17.0. The van der Waals surface area contributed by atoms with E-state index in [1.165, 1.54) is 32.4 Å². The van der Waals surface area contributed by atoms with Crippen molar-refractivity contribution in [2.45, 2.75) is 78.1 Å². The number of fused-ring (bicyclic) bond motifs is 1. The molecule has 1 aliphatic heterocycles. The van der Waals surface area contributed by atoms with Gasteiger partial charge in [0.05, 0.1) is 6.61 Å². The molecule has 2 N–H and O–H groups in total. The van der Waals surface area contributed by atoms with Crippen molar-refractivity contribution in [3.63, 3.8) is 0 Å². The normalized spacial score (nSPS) is 13.6. The van der Waals surface area contributed by atoms with Crippen LogP contribution in [0, 0.1) is 0 Å². The van der Waals surface area contributed by atoms with Crippen molar-refractivity contribution in [3.8, 4) is 16.9 Å². The number of amides is 2. The molecule has 2 aromatic heterocycles. The number of H-pyrrole nitrogens is 1. The van der Waals surface area contributed by atoms with Crippen molar-refractivity contribution in [2.24, 2.45) is 0 Å². The first-order chi connectivity index (χ1) is 23.2. The maximum absolute atomic E-state index is 14.2. The summed E-state index contributed by atoms with van der Waals surface area (Å²) in [5, 5.41) is 4.02. The van der Waals surface area contributed by atoms with Gasteiger partial charge in [0.15, 0.2) is 0 Å². The standard InChI is InChI=1S/C40H51N5O3/c1-6-7-9-22-45(36-27-31-16-13-18-41-38(31)43-39(36)46)40(47)42-37-34(28(2)3)25-32(26-35(37)29(4)5)30-15-12-17-33(24-30)48-23-14-21-44-19-10-8-11-20-44/h6,12-13,15-18,24-29H,1,7-11,14,19-23H2,2-5H3,(H,42,47)(H,41,43,46). The molecule has 3 heterocycles. The van der Waals surface area contributed by atoms with Crippen molar-refractivity contribution < 1.29 is 9.53 Å². The van der Waals surface area contributed by atoms with Gasteiger partial charge in [-0.1, -0.05) is 52.3 Å². The van der Waals surface area contributed by atoms with Gasteiger partial charge in [0.1, 0.15) is 17.1 Å². The number of piperidine rings is 1. The fourth-order valence-electron chi connectivity index (χ4n) is 6.46. The second kappa shape index (κ2) is 16.6. The number of hydrogen-bond acceptors (Lipinski definition) is 5. The van der Waals surface area contributed by atoms with Crippen molar-refractivity contribution in [1.82, 2.24) is 14.9 Å². The lowest BCUT2D eigenvalue weighted by Gasteiger charge is -2.27. The molecule has 0 radical (unpaired) electrons. The predicted molar refractivity (Wildman–Crippen MR) is 199 cm³/mol. The topological polar surface area (TPSA) is 90.6 Å². The number of aromatic amines is 1. The first-order valence-electron chi connectivity index (χ1n) is 17.6. The Morgan fingerprint density at radius 1 is 1.00 bits per heavy atom. The predicted octanol–water partition coefficient (Wildman–Crippen LogP) is 9.10. The fraction of sp³-hybridized carbons (Fsp3) is 0.425. The number of urea groups is 1. The molecule has 2 aromatic carbocycles. The fourth-order valence-corrected chi connectivity index (χ4v) is 6.46. The Morgan fingerprint density at radius 2 is 1.75 bits per heavy atom. The van der Waals surface area contributed by atoms with Gasteiger partial charge < -0.3 is 19.9 Å². The molecule has 2 amide bonds. The molecular weight excluding hydrogens is 598 g/mol. The highest BCUT2D eigenvalue weighted by Gasteiger charge is 2.24. The molecule has 0 bridgehead atoms. The monoisotopic (exact) mass is 649 g/mol. The molecule has 5 rings (SSSR count). The lowest BCUT2D eigenvalue weighted by molar-refractivity contribution is 0.205. The van der Waals surface area contributed by atoms with E-state index in [4.69, 9.17) is 4.74 Å². The molecule has 0 atom stereocenters. The lowest BCUT2D eigenvalue weighted by Crippen LogP contribution is -2.39. The number of benzene rings is 2. The van der Waals surface area contributed by atoms with Crippen molar-refractivity contribution in [3.05, 3.63) is 94.9 Å². The number of allylic oxidation sites excluding steroid dienone is 1. The number of pyridine rings is 2. The lowest BCUT2D eigenvalue weighted by atomic mass is 9.88. The molecule has 1 saturated heterocycles. The van der Waals surface area contributed by atoms with Crippen LogP contribution in [-0.4, -0.2) is 53.7 Å². The Balaban J connectivity index is 1.42. The molecule has 4 aromatic rings. The molecule has 0 saturated carbocycles. The van der Waals surface area contributed by atoms with Crippen LogP contribution in [0.3, 0.4) is 0 Å². The molecule has 0 unspecified atom stereocenters. The highest BCUT2D eigenvalue weighted by molar-refractivity contribution is 6.03. The molecular formula is C40H51N5O3. The Bertz CT molecular complexity index is 1730. The van der Waals surface area contributed by atoms with Gasteiger partial charge in [-0.3, -0.25) is 9.69 Å². The minimum atomic E-state index is -0.355. The zero-order chi connectivity index (χ0) is 34.0. The van der Waals surface area contributed by atoms with Crippen LogP contribution < -0.4 is 20.5 Å². The number of aromatic nitrogens is 2. The van der Waals surface area contributed by atoms with Gasteiger partial charge in [0.2, 0.25) is 0 Å². The Kier molecular flexibility index (Phi) is 12.1. The minimum Gasteiger partial charge on any atom is -0.494 e. The summed E-state index contributed by atoms with van der Waals surface area (Å²) >= 11 is 0. The summed E-state index contributed by atoms with van der Waals surface area (Å²) in [5.74, 6) is 1.14. The number of anilines is 2. The number of carbonyl (C=O) groups excluding carboxylic acids is 1. The quantitative estimate of drug-likeness (QED) is 0.105. The van der Waals surface area contributed by atoms with E-state index in [2.05, 4.69) is 78.7 Å². The highest BCUT2D eigenvalue weighted by Crippen LogP contribution is 2.38. The van der Waals surface area contributed by atoms with Crippen molar-refractivity contribution >= 4 is 28.4 Å². The van der Waals surface area contributed by atoms with Gasteiger partial charge in [0.25, 0.3) is 5.56 Å². The average molecular weight is 650 g/mol. The van der Waals surface area contributed by atoms with Crippen molar-refractivity contribution in [1.29, 1.82) is 0 Å². The molecule has 1 aliphatic rings. The maximum atomic E-state index is 14.2. The molecule has 1 fully saturated rings. The second-order valence-electron chi connectivity index (χ2n) is 13.4. The molecule has 254 valence electrons. The van der Waals surface area contributed by atoms with Crippen LogP contribution in [0.1, 0.15) is 89.2 Å². The van der Waals surface area contributed by atoms with Gasteiger partial charge >= 0.3 is 6.03 Å². The van der Waals surface area contributed by atoms with E-state index in [-0.39, 0.29) is 23.4 Å². The van der Waals surface area contributed by atoms with E-state index in [0.29, 0.717) is 30.9 Å². The zero-order valence-electron chi connectivity index (χ0n) is 29.1. The summed E-state index contributed by atoms with van der Waals surface area (Å²) in [6, 6.07) is 17.8. The van der Waals surface area contributed by atoms with E-state index < -0.39 is 0 Å². The van der Waals surface area contributed by atoms with Crippen LogP contribution in [-0.2, 0) is 0 Å². The summed E-state index contributed by atoms with van der Waals surface area (Å²) in [5.41, 5.74) is 5.47. The Hall–Kier alpha value is -4.43. The third-order valence-corrected chi connectivity index (χ3v) is 9.10. The number of carbonyl (C=O) groups is 1. The first kappa shape index (κ1) is 34.9. The third kappa shape index (κ3) is 8.72. The number of nitrogens with zero attached hydrogens (tertiary/aromatic N) is 3. The Labute approximate surface area is 285 Å². The van der Waals surface area contributed by atoms with E-state index >= 15 is 0 Å². The summed E-state index contributed by atoms with van der Waals surface area (Å²) < 4.78 is 6.21. The highest BCUT2D eigenvalue weighted by atomic mass is 16.5. The molecule has 0 aliphatic carbocycles. The molecule has 0 spiro atoms. The summed E-state index contributed by atoms with van der Waals surface area (Å²) in [4.78, 5) is 38.6. The number of likely N-dealkylation sites (tertiary alicyclic amines) is 1. The van der Waals surface area contributed by atoms with E-state index in [1.54, 1.807) is 17.2 Å². The van der Waals surface area contributed by atoms with Crippen LogP contribution in [0.15, 0.2) is 78.2 Å². The van der Waals surface area contributed by atoms with Gasteiger partial charge in [0, 0.05) is 30.4 Å². The SMILES string of the molecule is C=CCCCN(C(=O)Nc1c(C(C)C)cc(-c2cccc(OCCCN3CCCCC3)c2)cc1C(C)C)c1cc2cccnc2[nH]c1=O. The van der Waals surface area contributed by atoms with Crippen LogP contribution in [0.4, 0.5) is 16.2 Å². The number of unbranched alkanes of at least 4 members (excludes halogenated alkanes) is 1. The maximum Gasteiger partial charge on any atom is 0.326 e. The van der Waals surface area contributed by atoms with Gasteiger partial charge in [-0.05, 0) is 122 Å². The van der Waals surface area contributed by atoms with E-state index in [0.717, 1.165) is 58.5 Å². The average Bonchev–Trinajstić information content (AvgIpc) is 3.09. The van der Waals surface area contributed by atoms with Crippen LogP contribution >= 0.6 is 0 Å². The molecule has 8 nitrogen and oxygen atoms in total. The summed E-state index contributed by atoms with van der Waals surface area (Å²) in [6.07, 6.45) is 9.83. The van der Waals surface area contributed by atoms with Gasteiger partial charge in [-0.15, -0.1) is 6.58 Å². The van der Waals surface area contributed by atoms with Crippen LogP contribution in [0.5, 0.6) is 5.75 Å². The van der Waals surface area contributed by atoms with Crippen LogP contribution in [0.2, 0.25) is 0 Å². The minimum absolute atomic E-state index is 0.135.